The van der Waals surface area contributed by atoms with E-state index in [1.807, 2.05) is 0 Å². The summed E-state index contributed by atoms with van der Waals surface area (Å²) in [7, 11) is 1.32. The molecule has 0 bridgehead atoms. The number of hydrogen-bond donors (Lipinski definition) is 2. The van der Waals surface area contributed by atoms with Gasteiger partial charge in [-0.1, -0.05) is 6.07 Å². The van der Waals surface area contributed by atoms with Crippen LogP contribution in [0.5, 0.6) is 0 Å². The highest BCUT2D eigenvalue weighted by atomic mass is 16.5. The van der Waals surface area contributed by atoms with Gasteiger partial charge in [0.15, 0.2) is 0 Å². The number of amides is 1. The van der Waals surface area contributed by atoms with E-state index in [4.69, 9.17) is 9.15 Å². The van der Waals surface area contributed by atoms with Gasteiger partial charge in [0, 0.05) is 11.8 Å². The maximum Gasteiger partial charge on any atom is 0.337 e. The van der Waals surface area contributed by atoms with Crippen molar-refractivity contribution in [2.45, 2.75) is 13.5 Å². The summed E-state index contributed by atoms with van der Waals surface area (Å²) in [6, 6.07) is 11.8. The van der Waals surface area contributed by atoms with Gasteiger partial charge >= 0.3 is 5.97 Å². The zero-order valence-corrected chi connectivity index (χ0v) is 14.9. The summed E-state index contributed by atoms with van der Waals surface area (Å²) in [4.78, 5) is 32.4. The molecule has 2 N–H and O–H groups in total. The zero-order valence-electron chi connectivity index (χ0n) is 14.9. The van der Waals surface area contributed by atoms with Crippen molar-refractivity contribution >= 4 is 23.4 Å². The van der Waals surface area contributed by atoms with E-state index in [0.717, 1.165) is 0 Å². The Kier molecular flexibility index (Phi) is 5.46. The van der Waals surface area contributed by atoms with Gasteiger partial charge in [-0.15, -0.1) is 0 Å². The van der Waals surface area contributed by atoms with Crippen LogP contribution in [0.4, 0.5) is 11.5 Å². The fourth-order valence-electron chi connectivity index (χ4n) is 2.41. The number of carbonyl (C=O) groups excluding carboxylic acids is 2. The van der Waals surface area contributed by atoms with Crippen LogP contribution < -0.4 is 10.6 Å². The Morgan fingerprint density at radius 2 is 2.00 bits per heavy atom. The van der Waals surface area contributed by atoms with Crippen molar-refractivity contribution in [1.29, 1.82) is 0 Å². The van der Waals surface area contributed by atoms with Crippen LogP contribution in [0.3, 0.4) is 0 Å². The largest absolute Gasteiger partial charge is 0.467 e. The first-order chi connectivity index (χ1) is 13.0. The molecule has 0 saturated heterocycles. The van der Waals surface area contributed by atoms with Crippen LogP contribution >= 0.6 is 0 Å². The molecule has 0 aliphatic heterocycles. The van der Waals surface area contributed by atoms with Crippen molar-refractivity contribution in [3.8, 4) is 0 Å². The molecular weight excluding hydrogens is 348 g/mol. The van der Waals surface area contributed by atoms with Crippen molar-refractivity contribution < 1.29 is 18.7 Å². The minimum Gasteiger partial charge on any atom is -0.467 e. The normalized spacial score (nSPS) is 10.3. The number of ether oxygens (including phenoxy) is 1. The summed E-state index contributed by atoms with van der Waals surface area (Å²) in [5.74, 6) is 0.741. The number of hydrogen-bond acceptors (Lipinski definition) is 7. The number of methoxy groups -OCH3 is 1. The van der Waals surface area contributed by atoms with Gasteiger partial charge in [-0.25, -0.2) is 14.8 Å². The Bertz CT molecular complexity index is 954. The number of aryl methyl sites for hydroxylation is 1. The predicted molar refractivity (Wildman–Crippen MR) is 97.7 cm³/mol. The molecule has 0 aliphatic rings. The molecule has 138 valence electrons. The van der Waals surface area contributed by atoms with Gasteiger partial charge in [-0.2, -0.15) is 0 Å². The predicted octanol–water partition coefficient (Wildman–Crippen LogP) is 2.84. The Hall–Kier alpha value is -3.68. The molecule has 0 atom stereocenters. The van der Waals surface area contributed by atoms with Gasteiger partial charge in [0.05, 0.1) is 25.5 Å². The Labute approximate surface area is 155 Å². The topological polar surface area (TPSA) is 106 Å². The fraction of sp³-hybridized carbons (Fsp3) is 0.158. The lowest BCUT2D eigenvalue weighted by molar-refractivity contribution is 0.0600. The van der Waals surface area contributed by atoms with Crippen LogP contribution in [0.1, 0.15) is 32.4 Å². The highest BCUT2D eigenvalue weighted by molar-refractivity contribution is 5.93. The molecule has 27 heavy (non-hydrogen) atoms. The molecule has 0 unspecified atom stereocenters. The molecule has 3 aromatic rings. The van der Waals surface area contributed by atoms with Gasteiger partial charge in [-0.3, -0.25) is 4.79 Å². The molecule has 0 spiro atoms. The zero-order chi connectivity index (χ0) is 19.2. The van der Waals surface area contributed by atoms with E-state index in [9.17, 15) is 9.59 Å². The molecule has 8 heteroatoms. The van der Waals surface area contributed by atoms with E-state index in [-0.39, 0.29) is 18.1 Å². The van der Waals surface area contributed by atoms with Gasteiger partial charge in [-0.05, 0) is 37.3 Å². The average molecular weight is 366 g/mol. The number of esters is 1. The number of anilines is 2. The van der Waals surface area contributed by atoms with Gasteiger partial charge < -0.3 is 19.8 Å². The third-order valence-corrected chi connectivity index (χ3v) is 3.63. The summed E-state index contributed by atoms with van der Waals surface area (Å²) in [6.45, 7) is 1.96. The third kappa shape index (κ3) is 4.69. The Morgan fingerprint density at radius 3 is 2.74 bits per heavy atom. The SMILES string of the molecule is COC(=O)c1cccc(Nc2cc(C(=O)NCc3ccco3)nc(C)n2)c1. The molecule has 2 aromatic heterocycles. The fourth-order valence-corrected chi connectivity index (χ4v) is 2.41. The number of aromatic nitrogens is 2. The van der Waals surface area contributed by atoms with Crippen LogP contribution in [0, 0.1) is 6.92 Å². The number of carbonyl (C=O) groups is 2. The van der Waals surface area contributed by atoms with E-state index < -0.39 is 5.97 Å². The molecule has 8 nitrogen and oxygen atoms in total. The maximum absolute atomic E-state index is 12.3. The minimum absolute atomic E-state index is 0.223. The van der Waals surface area contributed by atoms with Crippen molar-refractivity contribution in [2.24, 2.45) is 0 Å². The lowest BCUT2D eigenvalue weighted by atomic mass is 10.2. The minimum atomic E-state index is -0.435. The lowest BCUT2D eigenvalue weighted by Gasteiger charge is -2.10. The molecule has 0 saturated carbocycles. The summed E-state index contributed by atoms with van der Waals surface area (Å²) < 4.78 is 9.90. The van der Waals surface area contributed by atoms with E-state index in [0.29, 0.717) is 28.7 Å². The Balaban J connectivity index is 1.75. The number of rotatable bonds is 6. The molecule has 1 amide bonds. The van der Waals surface area contributed by atoms with E-state index >= 15 is 0 Å². The van der Waals surface area contributed by atoms with Crippen molar-refractivity contribution in [3.63, 3.8) is 0 Å². The molecule has 1 aromatic carbocycles. The third-order valence-electron chi connectivity index (χ3n) is 3.63. The summed E-state index contributed by atoms with van der Waals surface area (Å²) in [5, 5.41) is 5.81. The first-order valence-electron chi connectivity index (χ1n) is 8.17. The van der Waals surface area contributed by atoms with E-state index in [1.54, 1.807) is 49.6 Å². The molecule has 2 heterocycles. The van der Waals surface area contributed by atoms with Crippen LogP contribution in [-0.2, 0) is 11.3 Å². The average Bonchev–Trinajstić information content (AvgIpc) is 3.18. The van der Waals surface area contributed by atoms with Crippen LogP contribution in [0.25, 0.3) is 0 Å². The van der Waals surface area contributed by atoms with Crippen LogP contribution in [0.15, 0.2) is 53.1 Å². The first-order valence-corrected chi connectivity index (χ1v) is 8.17. The lowest BCUT2D eigenvalue weighted by Crippen LogP contribution is -2.24. The number of nitrogens with zero attached hydrogens (tertiary/aromatic N) is 2. The van der Waals surface area contributed by atoms with E-state index in [2.05, 4.69) is 20.6 Å². The van der Waals surface area contributed by atoms with E-state index in [1.165, 1.54) is 13.2 Å². The maximum atomic E-state index is 12.3. The second kappa shape index (κ2) is 8.13. The van der Waals surface area contributed by atoms with Gasteiger partial charge in [0.2, 0.25) is 0 Å². The first kappa shape index (κ1) is 18.1. The summed E-state index contributed by atoms with van der Waals surface area (Å²) in [5.41, 5.74) is 1.27. The molecular formula is C19H18N4O4. The molecule has 3 rings (SSSR count). The molecule has 0 fully saturated rings. The van der Waals surface area contributed by atoms with Gasteiger partial charge in [0.1, 0.15) is 23.1 Å². The highest BCUT2D eigenvalue weighted by Crippen LogP contribution is 2.17. The quantitative estimate of drug-likeness (QED) is 0.646. The second-order valence-corrected chi connectivity index (χ2v) is 5.65. The smallest absolute Gasteiger partial charge is 0.337 e. The molecule has 0 aliphatic carbocycles. The number of nitrogens with one attached hydrogen (secondary N) is 2. The monoisotopic (exact) mass is 366 g/mol. The van der Waals surface area contributed by atoms with Crippen LogP contribution in [0.2, 0.25) is 0 Å². The Morgan fingerprint density at radius 1 is 1.15 bits per heavy atom. The van der Waals surface area contributed by atoms with Crippen LogP contribution in [-0.4, -0.2) is 29.0 Å². The van der Waals surface area contributed by atoms with Crippen molar-refractivity contribution in [1.82, 2.24) is 15.3 Å². The second-order valence-electron chi connectivity index (χ2n) is 5.65. The van der Waals surface area contributed by atoms with Crippen molar-refractivity contribution in [3.05, 3.63) is 71.6 Å². The number of benzene rings is 1. The van der Waals surface area contributed by atoms with Gasteiger partial charge in [0.25, 0.3) is 5.91 Å². The van der Waals surface area contributed by atoms with Crippen molar-refractivity contribution in [2.75, 3.05) is 12.4 Å². The summed E-state index contributed by atoms with van der Waals surface area (Å²) >= 11 is 0. The number of furan rings is 1. The summed E-state index contributed by atoms with van der Waals surface area (Å²) in [6.07, 6.45) is 1.54. The highest BCUT2D eigenvalue weighted by Gasteiger charge is 2.12. The standard InChI is InChI=1S/C19H18N4O4/c1-12-21-16(18(24)20-11-15-7-4-8-27-15)10-17(22-12)23-14-6-3-5-13(9-14)19(25)26-2/h3-10H,11H2,1-2H3,(H,20,24)(H,21,22,23). The molecule has 0 radical (unpaired) electrons.